The lowest BCUT2D eigenvalue weighted by molar-refractivity contribution is 0.619. The zero-order valence-corrected chi connectivity index (χ0v) is 10.2. The highest BCUT2D eigenvalue weighted by atomic mass is 16.3. The van der Waals surface area contributed by atoms with E-state index in [0.29, 0.717) is 5.89 Å². The van der Waals surface area contributed by atoms with Gasteiger partial charge in [-0.2, -0.15) is 0 Å². The molecule has 1 aromatic heterocycles. The van der Waals surface area contributed by atoms with Crippen LogP contribution in [0, 0.1) is 6.92 Å². The molecule has 2 heteroatoms. The SMILES string of the molecule is C=Cc1cccc(-c2nc3ccccc3o2)c1C. The molecule has 0 aliphatic carbocycles. The van der Waals surface area contributed by atoms with Crippen LogP contribution in [0.25, 0.3) is 28.6 Å². The summed E-state index contributed by atoms with van der Waals surface area (Å²) < 4.78 is 5.79. The molecule has 3 aromatic rings. The van der Waals surface area contributed by atoms with Crippen molar-refractivity contribution < 1.29 is 4.42 Å². The Balaban J connectivity index is 2.23. The van der Waals surface area contributed by atoms with Crippen molar-refractivity contribution in [2.45, 2.75) is 6.92 Å². The van der Waals surface area contributed by atoms with E-state index in [1.54, 1.807) is 0 Å². The smallest absolute Gasteiger partial charge is 0.227 e. The molecule has 0 radical (unpaired) electrons. The van der Waals surface area contributed by atoms with Gasteiger partial charge in [-0.1, -0.05) is 36.9 Å². The summed E-state index contributed by atoms with van der Waals surface area (Å²) >= 11 is 0. The second-order valence-electron chi connectivity index (χ2n) is 4.21. The Morgan fingerprint density at radius 2 is 1.94 bits per heavy atom. The minimum atomic E-state index is 0.664. The summed E-state index contributed by atoms with van der Waals surface area (Å²) in [6.45, 7) is 5.88. The maximum Gasteiger partial charge on any atom is 0.227 e. The van der Waals surface area contributed by atoms with Crippen LogP contribution in [0.4, 0.5) is 0 Å². The summed E-state index contributed by atoms with van der Waals surface area (Å²) in [4.78, 5) is 4.52. The molecule has 88 valence electrons. The first-order valence-electron chi connectivity index (χ1n) is 5.87. The molecule has 0 saturated carbocycles. The number of oxazole rings is 1. The lowest BCUT2D eigenvalue weighted by Crippen LogP contribution is -1.86. The van der Waals surface area contributed by atoms with Crippen LogP contribution in [0.3, 0.4) is 0 Å². The Labute approximate surface area is 106 Å². The normalized spacial score (nSPS) is 10.7. The van der Waals surface area contributed by atoms with Crippen molar-refractivity contribution in [2.75, 3.05) is 0 Å². The fraction of sp³-hybridized carbons (Fsp3) is 0.0625. The van der Waals surface area contributed by atoms with E-state index in [2.05, 4.69) is 18.5 Å². The van der Waals surface area contributed by atoms with Crippen LogP contribution < -0.4 is 0 Å². The number of benzene rings is 2. The summed E-state index contributed by atoms with van der Waals surface area (Å²) in [5.74, 6) is 0.664. The highest BCUT2D eigenvalue weighted by Crippen LogP contribution is 2.28. The number of rotatable bonds is 2. The molecule has 2 aromatic carbocycles. The third-order valence-corrected chi connectivity index (χ3v) is 3.12. The zero-order valence-electron chi connectivity index (χ0n) is 10.2. The third-order valence-electron chi connectivity index (χ3n) is 3.12. The van der Waals surface area contributed by atoms with Crippen molar-refractivity contribution in [2.24, 2.45) is 0 Å². The second-order valence-corrected chi connectivity index (χ2v) is 4.21. The molecule has 0 spiro atoms. The molecule has 2 nitrogen and oxygen atoms in total. The predicted molar refractivity (Wildman–Crippen MR) is 74.3 cm³/mol. The lowest BCUT2D eigenvalue weighted by Gasteiger charge is -2.04. The number of nitrogens with zero attached hydrogens (tertiary/aromatic N) is 1. The highest BCUT2D eigenvalue weighted by Gasteiger charge is 2.11. The fourth-order valence-electron chi connectivity index (χ4n) is 2.09. The molecule has 1 heterocycles. The van der Waals surface area contributed by atoms with Gasteiger partial charge in [0.1, 0.15) is 5.52 Å². The first kappa shape index (κ1) is 10.8. The van der Waals surface area contributed by atoms with E-state index < -0.39 is 0 Å². The second kappa shape index (κ2) is 4.15. The van der Waals surface area contributed by atoms with Crippen molar-refractivity contribution in [1.29, 1.82) is 0 Å². The predicted octanol–water partition coefficient (Wildman–Crippen LogP) is 4.45. The van der Waals surface area contributed by atoms with Gasteiger partial charge in [-0.05, 0) is 36.2 Å². The molecule has 0 saturated heterocycles. The lowest BCUT2D eigenvalue weighted by atomic mass is 10.0. The van der Waals surface area contributed by atoms with Gasteiger partial charge in [-0.25, -0.2) is 4.98 Å². The van der Waals surface area contributed by atoms with E-state index in [1.807, 2.05) is 48.5 Å². The quantitative estimate of drug-likeness (QED) is 0.656. The Morgan fingerprint density at radius 3 is 2.72 bits per heavy atom. The minimum absolute atomic E-state index is 0.664. The number of fused-ring (bicyclic) bond motifs is 1. The molecule has 0 unspecified atom stereocenters. The molecular formula is C16H13NO. The van der Waals surface area contributed by atoms with Crippen LogP contribution >= 0.6 is 0 Å². The minimum Gasteiger partial charge on any atom is -0.436 e. The van der Waals surface area contributed by atoms with Crippen molar-refractivity contribution in [1.82, 2.24) is 4.98 Å². The van der Waals surface area contributed by atoms with Crippen molar-refractivity contribution in [3.8, 4) is 11.5 Å². The van der Waals surface area contributed by atoms with Gasteiger partial charge in [0.25, 0.3) is 0 Å². The Bertz CT molecular complexity index is 692. The first-order chi connectivity index (χ1) is 8.79. The van der Waals surface area contributed by atoms with Crippen LogP contribution in [0.15, 0.2) is 53.5 Å². The fourth-order valence-corrected chi connectivity index (χ4v) is 2.09. The average molecular weight is 235 g/mol. The van der Waals surface area contributed by atoms with E-state index in [9.17, 15) is 0 Å². The van der Waals surface area contributed by atoms with E-state index >= 15 is 0 Å². The number of aromatic nitrogens is 1. The molecule has 18 heavy (non-hydrogen) atoms. The van der Waals surface area contributed by atoms with Gasteiger partial charge in [0.05, 0.1) is 0 Å². The van der Waals surface area contributed by atoms with Gasteiger partial charge in [-0.3, -0.25) is 0 Å². The van der Waals surface area contributed by atoms with Gasteiger partial charge in [0.2, 0.25) is 5.89 Å². The summed E-state index contributed by atoms with van der Waals surface area (Å²) in [6.07, 6.45) is 1.85. The summed E-state index contributed by atoms with van der Waals surface area (Å²) in [7, 11) is 0. The molecule has 0 amide bonds. The average Bonchev–Trinajstić information content (AvgIpc) is 2.82. The van der Waals surface area contributed by atoms with Crippen LogP contribution in [0.5, 0.6) is 0 Å². The highest BCUT2D eigenvalue weighted by molar-refractivity contribution is 5.77. The Kier molecular flexibility index (Phi) is 2.49. The van der Waals surface area contributed by atoms with Crippen LogP contribution in [-0.2, 0) is 0 Å². The molecule has 3 rings (SSSR count). The van der Waals surface area contributed by atoms with Crippen molar-refractivity contribution in [3.63, 3.8) is 0 Å². The van der Waals surface area contributed by atoms with E-state index in [-0.39, 0.29) is 0 Å². The maximum atomic E-state index is 5.79. The standard InChI is InChI=1S/C16H13NO/c1-3-12-7-6-8-13(11(12)2)16-17-14-9-4-5-10-15(14)18-16/h3-10H,1H2,2H3. The van der Waals surface area contributed by atoms with E-state index in [0.717, 1.165) is 27.8 Å². The van der Waals surface area contributed by atoms with Gasteiger partial charge in [-0.15, -0.1) is 0 Å². The van der Waals surface area contributed by atoms with Crippen molar-refractivity contribution in [3.05, 3.63) is 60.2 Å². The van der Waals surface area contributed by atoms with Gasteiger partial charge in [0, 0.05) is 5.56 Å². The van der Waals surface area contributed by atoms with Gasteiger partial charge >= 0.3 is 0 Å². The third kappa shape index (κ3) is 1.63. The Morgan fingerprint density at radius 1 is 1.11 bits per heavy atom. The van der Waals surface area contributed by atoms with Crippen LogP contribution in [0.2, 0.25) is 0 Å². The molecule has 0 fully saturated rings. The monoisotopic (exact) mass is 235 g/mol. The Hall–Kier alpha value is -2.35. The van der Waals surface area contributed by atoms with Gasteiger partial charge in [0.15, 0.2) is 5.58 Å². The largest absolute Gasteiger partial charge is 0.436 e. The molecular weight excluding hydrogens is 222 g/mol. The van der Waals surface area contributed by atoms with E-state index in [1.165, 1.54) is 0 Å². The zero-order chi connectivity index (χ0) is 12.5. The number of para-hydroxylation sites is 2. The molecule has 0 atom stereocenters. The molecule has 0 N–H and O–H groups in total. The van der Waals surface area contributed by atoms with Crippen LogP contribution in [0.1, 0.15) is 11.1 Å². The summed E-state index contributed by atoms with van der Waals surface area (Å²) in [5.41, 5.74) is 4.96. The van der Waals surface area contributed by atoms with E-state index in [4.69, 9.17) is 4.42 Å². The molecule has 0 aliphatic heterocycles. The summed E-state index contributed by atoms with van der Waals surface area (Å²) in [6, 6.07) is 13.8. The molecule has 0 bridgehead atoms. The summed E-state index contributed by atoms with van der Waals surface area (Å²) in [5, 5.41) is 0. The van der Waals surface area contributed by atoms with Crippen LogP contribution in [-0.4, -0.2) is 4.98 Å². The van der Waals surface area contributed by atoms with Gasteiger partial charge < -0.3 is 4.42 Å². The number of hydrogen-bond acceptors (Lipinski definition) is 2. The maximum absolute atomic E-state index is 5.79. The molecule has 0 aliphatic rings. The topological polar surface area (TPSA) is 26.0 Å². The number of hydrogen-bond donors (Lipinski definition) is 0. The van der Waals surface area contributed by atoms with Crippen molar-refractivity contribution >= 4 is 17.2 Å². The first-order valence-corrected chi connectivity index (χ1v) is 5.87.